The maximum atomic E-state index is 5.85. The van der Waals surface area contributed by atoms with E-state index in [4.69, 9.17) is 4.74 Å². The van der Waals surface area contributed by atoms with Gasteiger partial charge in [0, 0.05) is 4.88 Å². The van der Waals surface area contributed by atoms with E-state index in [2.05, 4.69) is 41.5 Å². The normalized spacial score (nSPS) is 11.0. The Labute approximate surface area is 152 Å². The van der Waals surface area contributed by atoms with Gasteiger partial charge in [-0.05, 0) is 61.7 Å². The smallest absolute Gasteiger partial charge is 0.203 e. The van der Waals surface area contributed by atoms with Crippen molar-refractivity contribution in [3.63, 3.8) is 0 Å². The number of nitrogens with one attached hydrogen (secondary N) is 1. The molecule has 1 aromatic heterocycles. The van der Waals surface area contributed by atoms with E-state index in [0.29, 0.717) is 6.61 Å². The van der Waals surface area contributed by atoms with E-state index in [1.165, 1.54) is 16.0 Å². The van der Waals surface area contributed by atoms with Crippen LogP contribution in [0.3, 0.4) is 0 Å². The predicted octanol–water partition coefficient (Wildman–Crippen LogP) is 5.09. The van der Waals surface area contributed by atoms with Crippen molar-refractivity contribution in [2.45, 2.75) is 27.4 Å². The number of ether oxygens (including phenoxy) is 1. The molecule has 5 heteroatoms. The summed E-state index contributed by atoms with van der Waals surface area (Å²) in [5, 5.41) is 5.04. The number of benzene rings is 2. The molecular formula is C20H21N3OS. The lowest BCUT2D eigenvalue weighted by Gasteiger charge is -2.08. The molecule has 3 rings (SSSR count). The average Bonchev–Trinajstić information content (AvgIpc) is 2.93. The molecule has 3 aromatic rings. The molecule has 0 atom stereocenters. The first-order valence-corrected chi connectivity index (χ1v) is 8.94. The van der Waals surface area contributed by atoms with Crippen molar-refractivity contribution in [2.75, 3.05) is 5.43 Å². The summed E-state index contributed by atoms with van der Waals surface area (Å²) in [5.74, 6) is 0.847. The molecule has 0 aliphatic rings. The molecule has 1 N–H and O–H groups in total. The third kappa shape index (κ3) is 4.67. The molecule has 0 radical (unpaired) electrons. The topological polar surface area (TPSA) is 46.5 Å². The SMILES string of the molecule is Cc1ccccc1COc1ccc(/C=N/Nc2nc(C)c(C)s2)cc1. The van der Waals surface area contributed by atoms with Gasteiger partial charge in [0.25, 0.3) is 0 Å². The molecule has 4 nitrogen and oxygen atoms in total. The Hall–Kier alpha value is -2.66. The molecule has 0 saturated carbocycles. The summed E-state index contributed by atoms with van der Waals surface area (Å²) >= 11 is 1.60. The van der Waals surface area contributed by atoms with E-state index in [0.717, 1.165) is 22.1 Å². The predicted molar refractivity (Wildman–Crippen MR) is 105 cm³/mol. The first kappa shape index (κ1) is 17.2. The molecular weight excluding hydrogens is 330 g/mol. The fourth-order valence-electron chi connectivity index (χ4n) is 2.27. The summed E-state index contributed by atoms with van der Waals surface area (Å²) in [5.41, 5.74) is 7.45. The Bertz CT molecular complexity index is 849. The van der Waals surface area contributed by atoms with Crippen LogP contribution in [0.1, 0.15) is 27.3 Å². The molecule has 0 amide bonds. The van der Waals surface area contributed by atoms with E-state index in [1.807, 2.05) is 43.3 Å². The Morgan fingerprint density at radius 1 is 1.08 bits per heavy atom. The van der Waals surface area contributed by atoms with Crippen molar-refractivity contribution in [1.29, 1.82) is 0 Å². The molecule has 0 bridgehead atoms. The summed E-state index contributed by atoms with van der Waals surface area (Å²) < 4.78 is 5.85. The van der Waals surface area contributed by atoms with Gasteiger partial charge in [-0.25, -0.2) is 4.98 Å². The molecule has 0 aliphatic heterocycles. The number of nitrogens with zero attached hydrogens (tertiary/aromatic N) is 2. The molecule has 1 heterocycles. The Morgan fingerprint density at radius 3 is 2.52 bits per heavy atom. The highest BCUT2D eigenvalue weighted by Crippen LogP contribution is 2.21. The number of hydrogen-bond acceptors (Lipinski definition) is 5. The van der Waals surface area contributed by atoms with Gasteiger partial charge in [0.1, 0.15) is 12.4 Å². The lowest BCUT2D eigenvalue weighted by molar-refractivity contribution is 0.305. The second-order valence-electron chi connectivity index (χ2n) is 5.81. The second kappa shape index (κ2) is 7.94. The van der Waals surface area contributed by atoms with Gasteiger partial charge < -0.3 is 4.74 Å². The fraction of sp³-hybridized carbons (Fsp3) is 0.200. The fourth-order valence-corrected chi connectivity index (χ4v) is 3.03. The molecule has 0 fully saturated rings. The zero-order valence-electron chi connectivity index (χ0n) is 14.6. The van der Waals surface area contributed by atoms with E-state index < -0.39 is 0 Å². The van der Waals surface area contributed by atoms with E-state index in [-0.39, 0.29) is 0 Å². The van der Waals surface area contributed by atoms with Crippen LogP contribution in [0.25, 0.3) is 0 Å². The van der Waals surface area contributed by atoms with Crippen LogP contribution < -0.4 is 10.2 Å². The van der Waals surface area contributed by atoms with Crippen molar-refractivity contribution < 1.29 is 4.74 Å². The summed E-state index contributed by atoms with van der Waals surface area (Å²) in [7, 11) is 0. The van der Waals surface area contributed by atoms with Gasteiger partial charge in [-0.15, -0.1) is 11.3 Å². The average molecular weight is 351 g/mol. The molecule has 2 aromatic carbocycles. The van der Waals surface area contributed by atoms with Crippen molar-refractivity contribution in [3.05, 3.63) is 75.8 Å². The number of aromatic nitrogens is 1. The lowest BCUT2D eigenvalue weighted by Crippen LogP contribution is -1.97. The van der Waals surface area contributed by atoms with Crippen LogP contribution >= 0.6 is 11.3 Å². The van der Waals surface area contributed by atoms with Crippen LogP contribution in [0, 0.1) is 20.8 Å². The standard InChI is InChI=1S/C20H21N3OS/c1-14-6-4-5-7-18(14)13-24-19-10-8-17(9-11-19)12-21-23-20-22-15(2)16(3)25-20/h4-12H,13H2,1-3H3,(H,22,23)/b21-12+. The van der Waals surface area contributed by atoms with Crippen molar-refractivity contribution in [2.24, 2.45) is 5.10 Å². The van der Waals surface area contributed by atoms with Crippen molar-refractivity contribution in [3.8, 4) is 5.75 Å². The summed E-state index contributed by atoms with van der Waals surface area (Å²) in [6, 6.07) is 16.1. The van der Waals surface area contributed by atoms with Crippen LogP contribution in [0.2, 0.25) is 0 Å². The minimum Gasteiger partial charge on any atom is -0.489 e. The third-order valence-electron chi connectivity index (χ3n) is 3.94. The van der Waals surface area contributed by atoms with Crippen LogP contribution in [-0.2, 0) is 6.61 Å². The number of aryl methyl sites for hydroxylation is 3. The van der Waals surface area contributed by atoms with E-state index in [1.54, 1.807) is 17.6 Å². The quantitative estimate of drug-likeness (QED) is 0.497. The number of anilines is 1. The van der Waals surface area contributed by atoms with E-state index >= 15 is 0 Å². The van der Waals surface area contributed by atoms with Gasteiger partial charge in [0.2, 0.25) is 5.13 Å². The van der Waals surface area contributed by atoms with Crippen LogP contribution in [0.5, 0.6) is 5.75 Å². The molecule has 128 valence electrons. The highest BCUT2D eigenvalue weighted by atomic mass is 32.1. The zero-order chi connectivity index (χ0) is 17.6. The first-order valence-electron chi connectivity index (χ1n) is 8.12. The second-order valence-corrected chi connectivity index (χ2v) is 7.02. The highest BCUT2D eigenvalue weighted by molar-refractivity contribution is 7.15. The number of hydrazone groups is 1. The molecule has 25 heavy (non-hydrogen) atoms. The summed E-state index contributed by atoms with van der Waals surface area (Å²) in [6.07, 6.45) is 1.77. The van der Waals surface area contributed by atoms with E-state index in [9.17, 15) is 0 Å². The van der Waals surface area contributed by atoms with Gasteiger partial charge in [0.05, 0.1) is 11.9 Å². The summed E-state index contributed by atoms with van der Waals surface area (Å²) in [4.78, 5) is 5.59. The molecule has 0 aliphatic carbocycles. The van der Waals surface area contributed by atoms with Gasteiger partial charge in [-0.1, -0.05) is 24.3 Å². The summed E-state index contributed by atoms with van der Waals surface area (Å²) in [6.45, 7) is 6.72. The monoisotopic (exact) mass is 351 g/mol. The van der Waals surface area contributed by atoms with Crippen LogP contribution in [0.15, 0.2) is 53.6 Å². The Morgan fingerprint density at radius 2 is 1.84 bits per heavy atom. The van der Waals surface area contributed by atoms with Crippen molar-refractivity contribution in [1.82, 2.24) is 4.98 Å². The maximum Gasteiger partial charge on any atom is 0.203 e. The maximum absolute atomic E-state index is 5.85. The van der Waals surface area contributed by atoms with Gasteiger partial charge >= 0.3 is 0 Å². The third-order valence-corrected chi connectivity index (χ3v) is 4.92. The Balaban J connectivity index is 1.55. The van der Waals surface area contributed by atoms with Crippen LogP contribution in [-0.4, -0.2) is 11.2 Å². The van der Waals surface area contributed by atoms with Gasteiger partial charge in [-0.3, -0.25) is 5.43 Å². The first-order chi connectivity index (χ1) is 12.1. The van der Waals surface area contributed by atoms with Gasteiger partial charge in [0.15, 0.2) is 0 Å². The number of rotatable bonds is 6. The largest absolute Gasteiger partial charge is 0.489 e. The highest BCUT2D eigenvalue weighted by Gasteiger charge is 2.01. The number of thiazole rings is 1. The Kier molecular flexibility index (Phi) is 5.46. The lowest BCUT2D eigenvalue weighted by atomic mass is 10.1. The molecule has 0 saturated heterocycles. The van der Waals surface area contributed by atoms with Gasteiger partial charge in [-0.2, -0.15) is 5.10 Å². The number of hydrogen-bond donors (Lipinski definition) is 1. The van der Waals surface area contributed by atoms with Crippen LogP contribution in [0.4, 0.5) is 5.13 Å². The zero-order valence-corrected chi connectivity index (χ0v) is 15.4. The molecule has 0 unspecified atom stereocenters. The molecule has 0 spiro atoms. The minimum absolute atomic E-state index is 0.574. The van der Waals surface area contributed by atoms with Crippen molar-refractivity contribution >= 4 is 22.7 Å². The minimum atomic E-state index is 0.574.